The zero-order chi connectivity index (χ0) is 59.7. The molecule has 0 bridgehead atoms. The van der Waals surface area contributed by atoms with Crippen LogP contribution in [-0.4, -0.2) is 139 Å². The second-order valence-electron chi connectivity index (χ2n) is 20.3. The molecule has 0 aliphatic carbocycles. The van der Waals surface area contributed by atoms with Crippen LogP contribution in [0, 0.1) is 5.92 Å². The summed E-state index contributed by atoms with van der Waals surface area (Å²) in [4.78, 5) is 119. The average molecular weight is 1200 g/mol. The maximum atomic E-state index is 14.5. The summed E-state index contributed by atoms with van der Waals surface area (Å²) in [5.74, 6) is -2.04. The highest BCUT2D eigenvalue weighted by Gasteiger charge is 2.38. The highest BCUT2D eigenvalue weighted by molar-refractivity contribution is 7.46. The number of phosphoric ester groups is 1. The smallest absolute Gasteiger partial charge is 0.445 e. The standard InChI is InChI=1S/C57H65ClN9O14PS/c1-33(2)50(59)52(69)63-42(14-9-22-61-55(60)72)51(68)62-36-17-15-34(16-18-36)32-79-56(73)64(3)24-25-65(26-27-78-4)57(74)80-45-28-43-38(37-10-5-6-11-39(37)45)21-23-66(43)53(70)47-19-20-48(83-47)54(71)67-31-35(30-58)49-41-13-8-7-12-40(41)46(29-44(49)67)81-82(75,76)77/h5-8,10-13,15-20,28-29,33,35,42,50H,9,14,21-27,30-32,59H2,1-4H3,(H,62,68)(H,63,69)(H3,60,61,72)(H2,75,76,77)/t35-,42+,50?/m1/s1. The second-order valence-corrected chi connectivity index (χ2v) is 22.8. The van der Waals surface area contributed by atoms with Crippen molar-refractivity contribution in [2.75, 3.05) is 81.0 Å². The summed E-state index contributed by atoms with van der Waals surface area (Å²) in [7, 11) is -1.97. The zero-order valence-corrected chi connectivity index (χ0v) is 48.5. The third-order valence-electron chi connectivity index (χ3n) is 14.3. The van der Waals surface area contributed by atoms with Gasteiger partial charge in [0, 0.05) is 93.8 Å². The molecule has 5 aromatic carbocycles. The Morgan fingerprint density at radius 1 is 0.819 bits per heavy atom. The number of ether oxygens (including phenoxy) is 3. The van der Waals surface area contributed by atoms with Crippen molar-refractivity contribution in [3.05, 3.63) is 124 Å². The largest absolute Gasteiger partial charge is 0.524 e. The molecule has 0 radical (unpaired) electrons. The minimum Gasteiger partial charge on any atom is -0.445 e. The number of amides is 8. The van der Waals surface area contributed by atoms with Crippen LogP contribution in [0.5, 0.6) is 11.5 Å². The Balaban J connectivity index is 0.901. The van der Waals surface area contributed by atoms with Crippen molar-refractivity contribution in [3.63, 3.8) is 0 Å². The minimum absolute atomic E-state index is 0.0239. The van der Waals surface area contributed by atoms with Gasteiger partial charge in [-0.25, -0.2) is 18.9 Å². The van der Waals surface area contributed by atoms with Crippen LogP contribution in [0.15, 0.2) is 97.1 Å². The number of primary amides is 1. The van der Waals surface area contributed by atoms with Gasteiger partial charge in [-0.2, -0.15) is 0 Å². The Bertz CT molecular complexity index is 3470. The lowest BCUT2D eigenvalue weighted by atomic mass is 9.95. The van der Waals surface area contributed by atoms with Crippen LogP contribution in [0.3, 0.4) is 0 Å². The highest BCUT2D eigenvalue weighted by atomic mass is 35.5. The monoisotopic (exact) mass is 1200 g/mol. The number of nitrogens with one attached hydrogen (secondary N) is 3. The first-order chi connectivity index (χ1) is 39.7. The number of nitrogens with two attached hydrogens (primary N) is 2. The second kappa shape index (κ2) is 27.0. The van der Waals surface area contributed by atoms with Crippen LogP contribution < -0.4 is 46.5 Å². The van der Waals surface area contributed by atoms with Crippen molar-refractivity contribution in [2.24, 2.45) is 17.4 Å². The molecule has 26 heteroatoms. The van der Waals surface area contributed by atoms with Crippen LogP contribution in [0.4, 0.5) is 31.4 Å². The van der Waals surface area contributed by atoms with E-state index in [-0.39, 0.29) is 97.2 Å². The van der Waals surface area contributed by atoms with Gasteiger partial charge in [-0.3, -0.25) is 29.0 Å². The van der Waals surface area contributed by atoms with Gasteiger partial charge in [-0.15, -0.1) is 22.9 Å². The number of halogens is 1. The van der Waals surface area contributed by atoms with E-state index in [9.17, 15) is 47.9 Å². The predicted molar refractivity (Wildman–Crippen MR) is 314 cm³/mol. The third kappa shape index (κ3) is 14.7. The number of likely N-dealkylation sites (N-methyl/N-ethyl adjacent to an activating group) is 1. The van der Waals surface area contributed by atoms with Gasteiger partial charge in [0.15, 0.2) is 0 Å². The topological polar surface area (TPSA) is 315 Å². The van der Waals surface area contributed by atoms with Crippen molar-refractivity contribution in [3.8, 4) is 11.5 Å². The molecule has 2 aliphatic heterocycles. The molecule has 1 aromatic heterocycles. The summed E-state index contributed by atoms with van der Waals surface area (Å²) in [6.45, 7) is 4.45. The lowest BCUT2D eigenvalue weighted by Gasteiger charge is -2.25. The van der Waals surface area contributed by atoms with Crippen molar-refractivity contribution >= 4 is 111 Å². The summed E-state index contributed by atoms with van der Waals surface area (Å²) in [6.07, 6.45) is -0.379. The normalized spacial score (nSPS) is 14.4. The number of hydrogen-bond donors (Lipinski definition) is 7. The summed E-state index contributed by atoms with van der Waals surface area (Å²) in [6, 6.07) is 24.6. The van der Waals surface area contributed by atoms with Crippen LogP contribution >= 0.6 is 30.8 Å². The number of methoxy groups -OCH3 is 1. The number of urea groups is 1. The van der Waals surface area contributed by atoms with Gasteiger partial charge < -0.3 is 65.8 Å². The Kier molecular flexibility index (Phi) is 20.0. The van der Waals surface area contributed by atoms with Gasteiger partial charge in [0.05, 0.1) is 33.8 Å². The van der Waals surface area contributed by atoms with E-state index in [1.807, 2.05) is 24.3 Å². The maximum Gasteiger partial charge on any atom is 0.524 e. The molecule has 6 aromatic rings. The van der Waals surface area contributed by atoms with Crippen molar-refractivity contribution in [1.82, 2.24) is 20.4 Å². The van der Waals surface area contributed by atoms with E-state index in [4.69, 9.17) is 41.8 Å². The SMILES string of the molecule is COCCN(CCN(C)C(=O)OCc1ccc(NC(=O)[C@H](CCCNC(N)=O)NC(=O)C(N)C(C)C)cc1)C(=O)Oc1cc2c(c3ccccc13)CCN2C(=O)c1ccc(C(=O)N2C[C@@H](CCl)c3c2cc(OP(=O)(O)O)c2ccccc32)s1. The van der Waals surface area contributed by atoms with Crippen molar-refractivity contribution in [1.29, 1.82) is 0 Å². The van der Waals surface area contributed by atoms with E-state index in [1.165, 1.54) is 34.9 Å². The molecule has 3 heterocycles. The molecule has 2 aliphatic rings. The molecular formula is C57H65ClN9O14PS. The Labute approximate surface area is 487 Å². The van der Waals surface area contributed by atoms with Gasteiger partial charge >= 0.3 is 26.0 Å². The van der Waals surface area contributed by atoms with Gasteiger partial charge in [0.25, 0.3) is 11.8 Å². The maximum absolute atomic E-state index is 14.5. The first-order valence-electron chi connectivity index (χ1n) is 26.6. The number of alkyl halides is 1. The Morgan fingerprint density at radius 3 is 2.10 bits per heavy atom. The minimum atomic E-state index is -4.98. The van der Waals surface area contributed by atoms with Crippen LogP contribution in [0.25, 0.3) is 21.5 Å². The lowest BCUT2D eigenvalue weighted by Crippen LogP contribution is -2.51. The lowest BCUT2D eigenvalue weighted by molar-refractivity contribution is -0.128. The number of nitrogens with zero attached hydrogens (tertiary/aromatic N) is 4. The summed E-state index contributed by atoms with van der Waals surface area (Å²) in [5.41, 5.74) is 14.7. The molecule has 9 N–H and O–H groups in total. The van der Waals surface area contributed by atoms with Crippen molar-refractivity contribution < 1.29 is 66.6 Å². The Morgan fingerprint density at radius 2 is 1.46 bits per heavy atom. The van der Waals surface area contributed by atoms with E-state index >= 15 is 0 Å². The summed E-state index contributed by atoms with van der Waals surface area (Å²) >= 11 is 7.46. The van der Waals surface area contributed by atoms with E-state index in [2.05, 4.69) is 16.0 Å². The molecule has 440 valence electrons. The average Bonchev–Trinajstić information content (AvgIpc) is 3.18. The van der Waals surface area contributed by atoms with Crippen molar-refractivity contribution in [2.45, 2.75) is 57.7 Å². The number of phosphoric acid groups is 1. The van der Waals surface area contributed by atoms with E-state index < -0.39 is 55.8 Å². The fraction of sp³-hybridized carbons (Fsp3) is 0.351. The number of carbonyl (C=O) groups excluding carboxylic acids is 7. The molecule has 8 rings (SSSR count). The fourth-order valence-corrected chi connectivity index (χ4v) is 11.4. The predicted octanol–water partition coefficient (Wildman–Crippen LogP) is 7.28. The summed E-state index contributed by atoms with van der Waals surface area (Å²) in [5, 5.41) is 10.4. The first kappa shape index (κ1) is 61.2. The highest BCUT2D eigenvalue weighted by Crippen LogP contribution is 2.50. The molecule has 0 fully saturated rings. The van der Waals surface area contributed by atoms with E-state index in [1.54, 1.807) is 85.5 Å². The number of benzene rings is 5. The molecule has 83 heavy (non-hydrogen) atoms. The molecule has 3 atom stereocenters. The number of carbonyl (C=O) groups is 7. The number of anilines is 3. The molecule has 1 unspecified atom stereocenters. The fourth-order valence-electron chi connectivity index (χ4n) is 9.84. The molecule has 0 spiro atoms. The number of hydrogen-bond acceptors (Lipinski definition) is 14. The quantitative estimate of drug-likeness (QED) is 0.0188. The number of fused-ring (bicyclic) bond motifs is 6. The van der Waals surface area contributed by atoms with Crippen LogP contribution in [0.1, 0.15) is 68.6 Å². The number of rotatable bonds is 23. The first-order valence-corrected chi connectivity index (χ1v) is 29.5. The van der Waals surface area contributed by atoms with Gasteiger partial charge in [-0.1, -0.05) is 74.5 Å². The van der Waals surface area contributed by atoms with Crippen LogP contribution in [0.2, 0.25) is 0 Å². The third-order valence-corrected chi connectivity index (χ3v) is 16.1. The molecule has 8 amide bonds. The van der Waals surface area contributed by atoms with Gasteiger partial charge in [0.2, 0.25) is 11.8 Å². The molecular weight excluding hydrogens is 1130 g/mol. The molecule has 0 saturated carbocycles. The van der Waals surface area contributed by atoms with Gasteiger partial charge in [-0.05, 0) is 76.9 Å². The van der Waals surface area contributed by atoms with E-state index in [0.29, 0.717) is 58.2 Å². The number of thiophene rings is 1. The zero-order valence-electron chi connectivity index (χ0n) is 46.0. The summed E-state index contributed by atoms with van der Waals surface area (Å²) < 4.78 is 34.2. The van der Waals surface area contributed by atoms with E-state index in [0.717, 1.165) is 27.8 Å². The Hall–Kier alpha value is -7.83. The molecule has 23 nitrogen and oxygen atoms in total. The molecule has 0 saturated heterocycles. The van der Waals surface area contributed by atoms with Crippen LogP contribution in [-0.2, 0) is 36.7 Å². The van der Waals surface area contributed by atoms with Gasteiger partial charge in [0.1, 0.15) is 24.1 Å².